The van der Waals surface area contributed by atoms with Gasteiger partial charge in [-0.05, 0) is 25.1 Å². The summed E-state index contributed by atoms with van der Waals surface area (Å²) in [4.78, 5) is 0.378. The molecule has 0 aliphatic heterocycles. The molecule has 0 spiro atoms. The van der Waals surface area contributed by atoms with Crippen LogP contribution in [-0.4, -0.2) is 20.7 Å². The Kier molecular flexibility index (Phi) is 5.76. The zero-order chi connectivity index (χ0) is 9.73. The topological polar surface area (TPSA) is 60.2 Å². The number of rotatable bonds is 4. The highest BCUT2D eigenvalue weighted by molar-refractivity contribution is 7.91. The molecule has 0 saturated heterocycles. The molecule has 2 N–H and O–H groups in total. The molecule has 80 valence electrons. The molecule has 0 radical (unpaired) electrons. The summed E-state index contributed by atoms with van der Waals surface area (Å²) in [7, 11) is -3.10. The van der Waals surface area contributed by atoms with Gasteiger partial charge in [0.2, 0.25) is 0 Å². The smallest absolute Gasteiger partial charge is 0.178 e. The van der Waals surface area contributed by atoms with E-state index in [0.29, 0.717) is 17.9 Å². The molecular weight excluding hydrogens is 222 g/mol. The van der Waals surface area contributed by atoms with Gasteiger partial charge >= 0.3 is 0 Å². The van der Waals surface area contributed by atoms with Crippen LogP contribution in [0.3, 0.4) is 0 Å². The third-order valence-corrected chi connectivity index (χ3v) is 3.54. The standard InChI is InChI=1S/C9H13NO2S.ClH/c10-7-4-8-13(11,12)9-5-2-1-3-6-9;/h1-3,5-6H,4,7-8,10H2;1H. The fourth-order valence-corrected chi connectivity index (χ4v) is 2.37. The van der Waals surface area contributed by atoms with Crippen molar-refractivity contribution in [2.45, 2.75) is 11.3 Å². The minimum Gasteiger partial charge on any atom is -0.330 e. The third-order valence-electron chi connectivity index (χ3n) is 1.72. The molecule has 1 aromatic carbocycles. The number of hydrogen-bond acceptors (Lipinski definition) is 3. The molecule has 0 aromatic heterocycles. The molecule has 14 heavy (non-hydrogen) atoms. The Morgan fingerprint density at radius 2 is 1.71 bits per heavy atom. The van der Waals surface area contributed by atoms with E-state index < -0.39 is 9.84 Å². The first-order valence-electron chi connectivity index (χ1n) is 4.15. The van der Waals surface area contributed by atoms with Crippen molar-refractivity contribution in [2.24, 2.45) is 5.73 Å². The Balaban J connectivity index is 0.00000169. The highest BCUT2D eigenvalue weighted by Gasteiger charge is 2.11. The van der Waals surface area contributed by atoms with Crippen LogP contribution < -0.4 is 5.73 Å². The summed E-state index contributed by atoms with van der Waals surface area (Å²) in [6.07, 6.45) is 0.511. The average Bonchev–Trinajstić information content (AvgIpc) is 2.16. The Labute approximate surface area is 90.6 Å². The molecule has 1 aromatic rings. The first-order chi connectivity index (χ1) is 6.17. The maximum atomic E-state index is 11.5. The predicted octanol–water partition coefficient (Wildman–Crippen LogP) is 1.23. The van der Waals surface area contributed by atoms with Gasteiger partial charge in [0.05, 0.1) is 10.6 Å². The fraction of sp³-hybridized carbons (Fsp3) is 0.333. The van der Waals surface area contributed by atoms with E-state index in [-0.39, 0.29) is 18.2 Å². The van der Waals surface area contributed by atoms with Crippen molar-refractivity contribution in [3.8, 4) is 0 Å². The number of sulfone groups is 1. The highest BCUT2D eigenvalue weighted by Crippen LogP contribution is 2.10. The summed E-state index contributed by atoms with van der Waals surface area (Å²) in [6.45, 7) is 0.409. The SMILES string of the molecule is Cl.NCCCS(=O)(=O)c1ccccc1. The number of benzene rings is 1. The number of hydrogen-bond donors (Lipinski definition) is 1. The van der Waals surface area contributed by atoms with Crippen molar-refractivity contribution >= 4 is 22.2 Å². The van der Waals surface area contributed by atoms with Gasteiger partial charge in [0.15, 0.2) is 9.84 Å². The van der Waals surface area contributed by atoms with Crippen LogP contribution in [0.25, 0.3) is 0 Å². The van der Waals surface area contributed by atoms with E-state index in [0.717, 1.165) is 0 Å². The Hall–Kier alpha value is -0.580. The number of nitrogens with two attached hydrogens (primary N) is 1. The second-order valence-corrected chi connectivity index (χ2v) is 4.88. The predicted molar refractivity (Wildman–Crippen MR) is 59.4 cm³/mol. The zero-order valence-corrected chi connectivity index (χ0v) is 9.35. The van der Waals surface area contributed by atoms with Gasteiger partial charge in [-0.3, -0.25) is 0 Å². The van der Waals surface area contributed by atoms with Gasteiger partial charge in [-0.15, -0.1) is 12.4 Å². The average molecular weight is 236 g/mol. The Bertz CT molecular complexity index is 350. The molecule has 0 saturated carbocycles. The van der Waals surface area contributed by atoms with E-state index in [2.05, 4.69) is 0 Å². The monoisotopic (exact) mass is 235 g/mol. The molecule has 0 bridgehead atoms. The van der Waals surface area contributed by atoms with Crippen molar-refractivity contribution in [2.75, 3.05) is 12.3 Å². The first-order valence-corrected chi connectivity index (χ1v) is 5.80. The molecule has 0 heterocycles. The largest absolute Gasteiger partial charge is 0.330 e. The third kappa shape index (κ3) is 3.65. The van der Waals surface area contributed by atoms with E-state index in [1.54, 1.807) is 30.3 Å². The lowest BCUT2D eigenvalue weighted by Gasteiger charge is -2.01. The molecule has 0 aliphatic rings. The Morgan fingerprint density at radius 3 is 2.21 bits per heavy atom. The molecule has 0 amide bonds. The van der Waals surface area contributed by atoms with Crippen LogP contribution in [0.5, 0.6) is 0 Å². The quantitative estimate of drug-likeness (QED) is 0.854. The van der Waals surface area contributed by atoms with Crippen LogP contribution >= 0.6 is 12.4 Å². The van der Waals surface area contributed by atoms with Gasteiger partial charge in [-0.2, -0.15) is 0 Å². The van der Waals surface area contributed by atoms with Crippen LogP contribution in [-0.2, 0) is 9.84 Å². The van der Waals surface area contributed by atoms with Crippen molar-refractivity contribution in [3.05, 3.63) is 30.3 Å². The van der Waals surface area contributed by atoms with E-state index in [1.807, 2.05) is 0 Å². The molecule has 0 aliphatic carbocycles. The molecule has 0 fully saturated rings. The maximum Gasteiger partial charge on any atom is 0.178 e. The first kappa shape index (κ1) is 13.4. The molecule has 1 rings (SSSR count). The van der Waals surface area contributed by atoms with Gasteiger partial charge < -0.3 is 5.73 Å². The number of halogens is 1. The molecule has 3 nitrogen and oxygen atoms in total. The van der Waals surface area contributed by atoms with Crippen molar-refractivity contribution < 1.29 is 8.42 Å². The normalized spacial score (nSPS) is 10.6. The van der Waals surface area contributed by atoms with E-state index in [9.17, 15) is 8.42 Å². The summed E-state index contributed by atoms with van der Waals surface area (Å²) in [5.41, 5.74) is 5.25. The molecule has 0 unspecified atom stereocenters. The minimum absolute atomic E-state index is 0. The van der Waals surface area contributed by atoms with Crippen LogP contribution in [0.15, 0.2) is 35.2 Å². The van der Waals surface area contributed by atoms with Gasteiger partial charge in [0.1, 0.15) is 0 Å². The van der Waals surface area contributed by atoms with Crippen LogP contribution in [0.4, 0.5) is 0 Å². The lowest BCUT2D eigenvalue weighted by atomic mass is 10.4. The second-order valence-electron chi connectivity index (χ2n) is 2.77. The fourth-order valence-electron chi connectivity index (χ4n) is 1.02. The maximum absolute atomic E-state index is 11.5. The van der Waals surface area contributed by atoms with E-state index in [1.165, 1.54) is 0 Å². The van der Waals surface area contributed by atoms with Gasteiger partial charge in [-0.25, -0.2) is 8.42 Å². The van der Waals surface area contributed by atoms with Crippen LogP contribution in [0.2, 0.25) is 0 Å². The lowest BCUT2D eigenvalue weighted by molar-refractivity contribution is 0.593. The molecular formula is C9H14ClNO2S. The summed E-state index contributed by atoms with van der Waals surface area (Å²) in [5.74, 6) is 0.132. The minimum atomic E-state index is -3.10. The second kappa shape index (κ2) is 6.01. The zero-order valence-electron chi connectivity index (χ0n) is 7.72. The van der Waals surface area contributed by atoms with E-state index in [4.69, 9.17) is 5.73 Å². The van der Waals surface area contributed by atoms with Crippen LogP contribution in [0, 0.1) is 0 Å². The van der Waals surface area contributed by atoms with Gasteiger partial charge in [0, 0.05) is 0 Å². The van der Waals surface area contributed by atoms with Crippen molar-refractivity contribution in [1.82, 2.24) is 0 Å². The summed E-state index contributed by atoms with van der Waals surface area (Å²) < 4.78 is 23.1. The molecule has 0 atom stereocenters. The van der Waals surface area contributed by atoms with Crippen LogP contribution in [0.1, 0.15) is 6.42 Å². The van der Waals surface area contributed by atoms with Crippen molar-refractivity contribution in [3.63, 3.8) is 0 Å². The van der Waals surface area contributed by atoms with E-state index >= 15 is 0 Å². The summed E-state index contributed by atoms with van der Waals surface area (Å²) >= 11 is 0. The molecule has 5 heteroatoms. The van der Waals surface area contributed by atoms with Gasteiger partial charge in [0.25, 0.3) is 0 Å². The Morgan fingerprint density at radius 1 is 1.14 bits per heavy atom. The summed E-state index contributed by atoms with van der Waals surface area (Å²) in [6, 6.07) is 8.43. The summed E-state index contributed by atoms with van der Waals surface area (Å²) in [5, 5.41) is 0. The van der Waals surface area contributed by atoms with Crippen molar-refractivity contribution in [1.29, 1.82) is 0 Å². The highest BCUT2D eigenvalue weighted by atomic mass is 35.5. The van der Waals surface area contributed by atoms with Gasteiger partial charge in [-0.1, -0.05) is 18.2 Å². The lowest BCUT2D eigenvalue weighted by Crippen LogP contribution is -2.11.